The Balaban J connectivity index is 1.63. The van der Waals surface area contributed by atoms with Gasteiger partial charge in [0.2, 0.25) is 0 Å². The molecule has 6 nitrogen and oxygen atoms in total. The minimum absolute atomic E-state index is 0.0422. The van der Waals surface area contributed by atoms with E-state index in [1.165, 1.54) is 22.7 Å². The molecule has 3 aromatic rings. The minimum atomic E-state index is -0.991. The second-order valence-electron chi connectivity index (χ2n) is 5.16. The van der Waals surface area contributed by atoms with Gasteiger partial charge in [-0.2, -0.15) is 0 Å². The highest BCUT2D eigenvalue weighted by molar-refractivity contribution is 7.15. The average Bonchev–Trinajstić information content (AvgIpc) is 3.13. The number of benzene rings is 1. The topological polar surface area (TPSA) is 72.7 Å². The maximum atomic E-state index is 12.3. The van der Waals surface area contributed by atoms with Gasteiger partial charge in [-0.25, -0.2) is 9.78 Å². The Labute approximate surface area is 157 Å². The van der Waals surface area contributed by atoms with E-state index in [9.17, 15) is 9.59 Å². The molecule has 0 saturated carbocycles. The zero-order chi connectivity index (χ0) is 18.0. The Kier molecular flexibility index (Phi) is 5.27. The van der Waals surface area contributed by atoms with Gasteiger partial charge in [0.05, 0.1) is 0 Å². The molecule has 2 heterocycles. The summed E-state index contributed by atoms with van der Waals surface area (Å²) in [7, 11) is 0. The van der Waals surface area contributed by atoms with E-state index in [1.807, 2.05) is 6.07 Å². The number of halogens is 2. The highest BCUT2D eigenvalue weighted by Gasteiger charge is 2.24. The van der Waals surface area contributed by atoms with Gasteiger partial charge in [-0.3, -0.25) is 9.20 Å². The first-order valence-corrected chi connectivity index (χ1v) is 8.94. The van der Waals surface area contributed by atoms with Gasteiger partial charge in [0.1, 0.15) is 0 Å². The van der Waals surface area contributed by atoms with Gasteiger partial charge in [0.15, 0.2) is 21.9 Å². The number of thiazole rings is 1. The number of nitrogens with zero attached hydrogens (tertiary/aromatic N) is 2. The normalized spacial score (nSPS) is 12.1. The summed E-state index contributed by atoms with van der Waals surface area (Å²) < 4.78 is 6.74. The number of carbonyl (C=O) groups is 2. The van der Waals surface area contributed by atoms with Crippen LogP contribution < -0.4 is 5.32 Å². The van der Waals surface area contributed by atoms with Crippen LogP contribution in [0.2, 0.25) is 10.2 Å². The van der Waals surface area contributed by atoms with Gasteiger partial charge in [-0.05, 0) is 18.6 Å². The Morgan fingerprint density at radius 3 is 2.88 bits per heavy atom. The lowest BCUT2D eigenvalue weighted by atomic mass is 10.2. The van der Waals surface area contributed by atoms with Crippen molar-refractivity contribution < 1.29 is 14.3 Å². The molecule has 9 heteroatoms. The smallest absolute Gasteiger partial charge is 0.359 e. The number of ether oxygens (including phenoxy) is 1. The zero-order valence-electron chi connectivity index (χ0n) is 13.0. The Hall–Kier alpha value is -2.09. The van der Waals surface area contributed by atoms with Crippen LogP contribution in [0.5, 0.6) is 0 Å². The van der Waals surface area contributed by atoms with Crippen LogP contribution in [0.4, 0.5) is 0 Å². The number of fused-ring (bicyclic) bond motifs is 1. The van der Waals surface area contributed by atoms with Crippen LogP contribution in [0.25, 0.3) is 4.96 Å². The van der Waals surface area contributed by atoms with Crippen molar-refractivity contribution in [1.29, 1.82) is 0 Å². The lowest BCUT2D eigenvalue weighted by Gasteiger charge is -2.13. The van der Waals surface area contributed by atoms with Crippen LogP contribution in [0.1, 0.15) is 23.0 Å². The van der Waals surface area contributed by atoms with E-state index in [4.69, 9.17) is 27.9 Å². The summed E-state index contributed by atoms with van der Waals surface area (Å²) in [6.07, 6.45) is 0.674. The van der Waals surface area contributed by atoms with Crippen molar-refractivity contribution in [2.24, 2.45) is 0 Å². The second-order valence-corrected chi connectivity index (χ2v) is 6.80. The number of aromatic nitrogens is 2. The monoisotopic (exact) mass is 397 g/mol. The van der Waals surface area contributed by atoms with Gasteiger partial charge in [-0.1, -0.05) is 41.4 Å². The molecule has 1 aromatic carbocycles. The van der Waals surface area contributed by atoms with Crippen molar-refractivity contribution in [2.45, 2.75) is 19.6 Å². The van der Waals surface area contributed by atoms with Crippen LogP contribution >= 0.6 is 34.5 Å². The number of carbonyl (C=O) groups excluding carboxylic acids is 2. The first-order chi connectivity index (χ1) is 12.0. The molecule has 2 aromatic heterocycles. The predicted octanol–water partition coefficient (Wildman–Crippen LogP) is 3.56. The number of amides is 1. The number of imidazole rings is 1. The third-order valence-corrected chi connectivity index (χ3v) is 4.87. The van der Waals surface area contributed by atoms with Crippen molar-refractivity contribution in [1.82, 2.24) is 14.7 Å². The maximum Gasteiger partial charge on any atom is 0.359 e. The molecular weight excluding hydrogens is 385 g/mol. The molecule has 3 rings (SSSR count). The standard InChI is InChI=1S/C16H13Cl2N3O3S/c1-9(14(22)19-8-10-4-2-3-5-11(10)17)24-15(23)12-13(18)20-16-21(12)6-7-25-16/h2-7,9H,8H2,1H3,(H,19,22)/t9-/m0/s1. The lowest BCUT2D eigenvalue weighted by molar-refractivity contribution is -0.129. The van der Waals surface area contributed by atoms with Crippen molar-refractivity contribution in [3.05, 3.63) is 57.3 Å². The quantitative estimate of drug-likeness (QED) is 0.667. The fourth-order valence-electron chi connectivity index (χ4n) is 2.18. The van der Waals surface area contributed by atoms with E-state index in [1.54, 1.807) is 29.8 Å². The number of esters is 1. The van der Waals surface area contributed by atoms with E-state index in [0.29, 0.717) is 9.98 Å². The van der Waals surface area contributed by atoms with E-state index < -0.39 is 18.0 Å². The average molecular weight is 398 g/mol. The van der Waals surface area contributed by atoms with Crippen LogP contribution in [0.3, 0.4) is 0 Å². The number of hydrogen-bond acceptors (Lipinski definition) is 5. The molecule has 130 valence electrons. The molecule has 0 saturated heterocycles. The van der Waals surface area contributed by atoms with Crippen molar-refractivity contribution in [3.8, 4) is 0 Å². The van der Waals surface area contributed by atoms with Crippen LogP contribution in [0, 0.1) is 0 Å². The van der Waals surface area contributed by atoms with Crippen molar-refractivity contribution in [2.75, 3.05) is 0 Å². The van der Waals surface area contributed by atoms with E-state index in [-0.39, 0.29) is 17.4 Å². The number of rotatable bonds is 5. The first kappa shape index (κ1) is 17.7. The molecule has 0 radical (unpaired) electrons. The summed E-state index contributed by atoms with van der Waals surface area (Å²) >= 11 is 13.4. The summed E-state index contributed by atoms with van der Waals surface area (Å²) in [4.78, 5) is 29.1. The van der Waals surface area contributed by atoms with Gasteiger partial charge in [0.25, 0.3) is 5.91 Å². The summed E-state index contributed by atoms with van der Waals surface area (Å²) in [6.45, 7) is 1.72. The van der Waals surface area contributed by atoms with E-state index >= 15 is 0 Å². The Bertz CT molecular complexity index is 938. The summed E-state index contributed by atoms with van der Waals surface area (Å²) in [5, 5.41) is 5.05. The third-order valence-electron chi connectivity index (χ3n) is 3.48. The van der Waals surface area contributed by atoms with Crippen LogP contribution in [-0.4, -0.2) is 27.4 Å². The van der Waals surface area contributed by atoms with Gasteiger partial charge in [0, 0.05) is 23.1 Å². The first-order valence-electron chi connectivity index (χ1n) is 7.30. The molecule has 0 aliphatic carbocycles. The molecule has 1 atom stereocenters. The molecule has 0 fully saturated rings. The second kappa shape index (κ2) is 7.43. The van der Waals surface area contributed by atoms with Crippen molar-refractivity contribution >= 4 is 51.4 Å². The molecule has 0 spiro atoms. The maximum absolute atomic E-state index is 12.3. The predicted molar refractivity (Wildman–Crippen MR) is 96.3 cm³/mol. The summed E-state index contributed by atoms with van der Waals surface area (Å²) in [5.41, 5.74) is 0.874. The van der Waals surface area contributed by atoms with Crippen LogP contribution in [0.15, 0.2) is 35.8 Å². The van der Waals surface area contributed by atoms with Gasteiger partial charge < -0.3 is 10.1 Å². The highest BCUT2D eigenvalue weighted by Crippen LogP contribution is 2.22. The third kappa shape index (κ3) is 3.78. The molecule has 0 bridgehead atoms. The lowest BCUT2D eigenvalue weighted by Crippen LogP contribution is -2.35. The van der Waals surface area contributed by atoms with Gasteiger partial charge >= 0.3 is 5.97 Å². The van der Waals surface area contributed by atoms with Crippen LogP contribution in [-0.2, 0) is 16.1 Å². The number of hydrogen-bond donors (Lipinski definition) is 1. The minimum Gasteiger partial charge on any atom is -0.448 e. The molecule has 0 aliphatic heterocycles. The Morgan fingerprint density at radius 2 is 2.12 bits per heavy atom. The highest BCUT2D eigenvalue weighted by atomic mass is 35.5. The molecular formula is C16H13Cl2N3O3S. The Morgan fingerprint density at radius 1 is 1.36 bits per heavy atom. The molecule has 0 unspecified atom stereocenters. The zero-order valence-corrected chi connectivity index (χ0v) is 15.4. The van der Waals surface area contributed by atoms with E-state index in [0.717, 1.165) is 5.56 Å². The number of nitrogens with one attached hydrogen (secondary N) is 1. The molecule has 25 heavy (non-hydrogen) atoms. The summed E-state index contributed by atoms with van der Waals surface area (Å²) in [6, 6.07) is 7.17. The van der Waals surface area contributed by atoms with E-state index in [2.05, 4.69) is 10.3 Å². The van der Waals surface area contributed by atoms with Gasteiger partial charge in [-0.15, -0.1) is 11.3 Å². The SMILES string of the molecule is C[C@H](OC(=O)c1c(Cl)nc2sccn12)C(=O)NCc1ccccc1Cl. The summed E-state index contributed by atoms with van der Waals surface area (Å²) in [5.74, 6) is -1.15. The molecule has 1 amide bonds. The fourth-order valence-corrected chi connectivity index (χ4v) is 3.39. The fraction of sp³-hybridized carbons (Fsp3) is 0.188. The van der Waals surface area contributed by atoms with Crippen molar-refractivity contribution in [3.63, 3.8) is 0 Å². The molecule has 1 N–H and O–H groups in total. The largest absolute Gasteiger partial charge is 0.448 e. The molecule has 0 aliphatic rings.